The van der Waals surface area contributed by atoms with E-state index in [0.29, 0.717) is 18.6 Å². The molecule has 2 N–H and O–H groups in total. The number of benzene rings is 1. The van der Waals surface area contributed by atoms with E-state index in [0.717, 1.165) is 56.1 Å². The first-order valence-corrected chi connectivity index (χ1v) is 11.0. The van der Waals surface area contributed by atoms with Crippen molar-refractivity contribution in [3.05, 3.63) is 35.4 Å². The molecule has 0 spiro atoms. The van der Waals surface area contributed by atoms with Crippen LogP contribution in [0.4, 0.5) is 0 Å². The van der Waals surface area contributed by atoms with Gasteiger partial charge in [-0.05, 0) is 64.7 Å². The molecular weight excluding hydrogens is 362 g/mol. The van der Waals surface area contributed by atoms with Crippen molar-refractivity contribution in [2.24, 2.45) is 4.99 Å². The van der Waals surface area contributed by atoms with E-state index in [1.807, 2.05) is 29.2 Å². The summed E-state index contributed by atoms with van der Waals surface area (Å²) in [6.45, 7) is 13.2. The van der Waals surface area contributed by atoms with Crippen LogP contribution in [0.1, 0.15) is 62.9 Å². The molecule has 1 aromatic carbocycles. The van der Waals surface area contributed by atoms with Crippen LogP contribution in [-0.4, -0.2) is 67.0 Å². The molecule has 0 bridgehead atoms. The van der Waals surface area contributed by atoms with E-state index in [1.165, 1.54) is 6.42 Å². The number of amides is 1. The number of rotatable bonds is 8. The van der Waals surface area contributed by atoms with Gasteiger partial charge in [0.05, 0.1) is 0 Å². The van der Waals surface area contributed by atoms with Gasteiger partial charge in [0, 0.05) is 57.4 Å². The molecule has 29 heavy (non-hydrogen) atoms. The summed E-state index contributed by atoms with van der Waals surface area (Å²) in [6, 6.07) is 8.98. The van der Waals surface area contributed by atoms with Crippen molar-refractivity contribution in [3.63, 3.8) is 0 Å². The average Bonchev–Trinajstić information content (AvgIpc) is 2.73. The Hall–Kier alpha value is -2.08. The molecule has 0 aliphatic carbocycles. The van der Waals surface area contributed by atoms with Gasteiger partial charge in [-0.2, -0.15) is 0 Å². The highest BCUT2D eigenvalue weighted by molar-refractivity contribution is 5.94. The molecule has 1 heterocycles. The van der Waals surface area contributed by atoms with Gasteiger partial charge in [0.25, 0.3) is 5.91 Å². The van der Waals surface area contributed by atoms with Gasteiger partial charge >= 0.3 is 0 Å². The van der Waals surface area contributed by atoms with Crippen molar-refractivity contribution in [2.45, 2.75) is 65.6 Å². The third-order valence-electron chi connectivity index (χ3n) is 5.52. The van der Waals surface area contributed by atoms with E-state index in [9.17, 15) is 4.79 Å². The predicted molar refractivity (Wildman–Crippen MR) is 121 cm³/mol. The minimum atomic E-state index is 0.154. The number of aliphatic imine (C=N–C) groups is 1. The topological polar surface area (TPSA) is 60.0 Å². The van der Waals surface area contributed by atoms with E-state index >= 15 is 0 Å². The van der Waals surface area contributed by atoms with Crippen LogP contribution in [0.25, 0.3) is 0 Å². The molecule has 1 aromatic rings. The first-order valence-electron chi connectivity index (χ1n) is 11.0. The van der Waals surface area contributed by atoms with Crippen LogP contribution in [0.15, 0.2) is 29.3 Å². The van der Waals surface area contributed by atoms with Gasteiger partial charge in [-0.3, -0.25) is 14.7 Å². The zero-order chi connectivity index (χ0) is 21.2. The zero-order valence-electron chi connectivity index (χ0n) is 18.9. The molecule has 1 fully saturated rings. The Balaban J connectivity index is 1.79. The average molecular weight is 402 g/mol. The molecule has 0 radical (unpaired) electrons. The Labute approximate surface area is 176 Å². The number of carbonyl (C=O) groups excluding carboxylic acids is 1. The van der Waals surface area contributed by atoms with Gasteiger partial charge in [0.2, 0.25) is 0 Å². The zero-order valence-corrected chi connectivity index (χ0v) is 18.9. The lowest BCUT2D eigenvalue weighted by Crippen LogP contribution is -2.45. The molecule has 0 saturated carbocycles. The number of likely N-dealkylation sites (tertiary alicyclic amines) is 1. The summed E-state index contributed by atoms with van der Waals surface area (Å²) in [4.78, 5) is 21.3. The summed E-state index contributed by atoms with van der Waals surface area (Å²) < 4.78 is 0. The smallest absolute Gasteiger partial charge is 0.253 e. The van der Waals surface area contributed by atoms with Crippen LogP contribution >= 0.6 is 0 Å². The van der Waals surface area contributed by atoms with Gasteiger partial charge < -0.3 is 15.5 Å². The number of guanidine groups is 1. The summed E-state index contributed by atoms with van der Waals surface area (Å²) in [5.41, 5.74) is 1.91. The first-order chi connectivity index (χ1) is 13.9. The molecule has 6 nitrogen and oxygen atoms in total. The predicted octanol–water partition coefficient (Wildman–Crippen LogP) is 3.10. The van der Waals surface area contributed by atoms with Crippen molar-refractivity contribution in [1.29, 1.82) is 0 Å². The van der Waals surface area contributed by atoms with Crippen LogP contribution < -0.4 is 10.6 Å². The summed E-state index contributed by atoms with van der Waals surface area (Å²) in [5.74, 6) is 0.951. The Kier molecular flexibility index (Phi) is 9.45. The van der Waals surface area contributed by atoms with Gasteiger partial charge in [0.15, 0.2) is 5.96 Å². The quantitative estimate of drug-likeness (QED) is 0.519. The monoisotopic (exact) mass is 401 g/mol. The highest BCUT2D eigenvalue weighted by Gasteiger charge is 2.18. The lowest BCUT2D eigenvalue weighted by molar-refractivity contribution is 0.0724. The Morgan fingerprint density at radius 1 is 1.03 bits per heavy atom. The van der Waals surface area contributed by atoms with Crippen molar-refractivity contribution < 1.29 is 4.79 Å². The number of nitrogens with one attached hydrogen (secondary N) is 2. The van der Waals surface area contributed by atoms with E-state index in [4.69, 9.17) is 0 Å². The van der Waals surface area contributed by atoms with Crippen molar-refractivity contribution in [3.8, 4) is 0 Å². The molecule has 1 amide bonds. The second-order valence-electron chi connectivity index (χ2n) is 8.33. The number of hydrogen-bond donors (Lipinski definition) is 2. The molecular formula is C23H39N5O. The third-order valence-corrected chi connectivity index (χ3v) is 5.52. The fraction of sp³-hybridized carbons (Fsp3) is 0.652. The second kappa shape index (κ2) is 11.8. The molecule has 0 unspecified atom stereocenters. The lowest BCUT2D eigenvalue weighted by Gasteiger charge is -2.30. The van der Waals surface area contributed by atoms with Crippen LogP contribution in [0.5, 0.6) is 0 Å². The molecule has 1 aliphatic heterocycles. The van der Waals surface area contributed by atoms with Crippen LogP contribution in [-0.2, 0) is 6.54 Å². The maximum absolute atomic E-state index is 12.6. The molecule has 162 valence electrons. The standard InChI is InChI=1S/C23H39N5O/c1-18(2)28(19(3)4)16-13-25-23(24-5)26-17-20-9-11-21(12-10-20)22(29)27-14-7-6-8-15-27/h9-12,18-19H,6-8,13-17H2,1-5H3,(H2,24,25,26). The second-order valence-corrected chi connectivity index (χ2v) is 8.33. The molecule has 2 rings (SSSR count). The fourth-order valence-corrected chi connectivity index (χ4v) is 3.87. The van der Waals surface area contributed by atoms with Gasteiger partial charge in [0.1, 0.15) is 0 Å². The summed E-state index contributed by atoms with van der Waals surface area (Å²) in [6.07, 6.45) is 3.47. The number of nitrogens with zero attached hydrogens (tertiary/aromatic N) is 3. The first kappa shape index (κ1) is 23.2. The van der Waals surface area contributed by atoms with E-state index in [-0.39, 0.29) is 5.91 Å². The Bertz CT molecular complexity index is 640. The largest absolute Gasteiger partial charge is 0.355 e. The van der Waals surface area contributed by atoms with E-state index < -0.39 is 0 Å². The molecule has 0 aromatic heterocycles. The highest BCUT2D eigenvalue weighted by Crippen LogP contribution is 2.14. The SMILES string of the molecule is CN=C(NCCN(C(C)C)C(C)C)NCc1ccc(C(=O)N2CCCCC2)cc1. The number of carbonyl (C=O) groups is 1. The molecule has 1 saturated heterocycles. The van der Waals surface area contributed by atoms with Crippen LogP contribution in [0, 0.1) is 0 Å². The number of piperidine rings is 1. The van der Waals surface area contributed by atoms with Crippen molar-refractivity contribution >= 4 is 11.9 Å². The van der Waals surface area contributed by atoms with E-state index in [2.05, 4.69) is 48.2 Å². The summed E-state index contributed by atoms with van der Waals surface area (Å²) >= 11 is 0. The summed E-state index contributed by atoms with van der Waals surface area (Å²) in [7, 11) is 1.79. The lowest BCUT2D eigenvalue weighted by atomic mass is 10.1. The third kappa shape index (κ3) is 7.35. The van der Waals surface area contributed by atoms with Crippen molar-refractivity contribution in [1.82, 2.24) is 20.4 Å². The highest BCUT2D eigenvalue weighted by atomic mass is 16.2. The van der Waals surface area contributed by atoms with Gasteiger partial charge in [-0.15, -0.1) is 0 Å². The maximum Gasteiger partial charge on any atom is 0.253 e. The maximum atomic E-state index is 12.6. The van der Waals surface area contributed by atoms with Crippen LogP contribution in [0.2, 0.25) is 0 Å². The Morgan fingerprint density at radius 2 is 1.66 bits per heavy atom. The normalized spacial score (nSPS) is 15.3. The molecule has 1 aliphatic rings. The number of hydrogen-bond acceptors (Lipinski definition) is 3. The fourth-order valence-electron chi connectivity index (χ4n) is 3.87. The van der Waals surface area contributed by atoms with Gasteiger partial charge in [-0.1, -0.05) is 12.1 Å². The van der Waals surface area contributed by atoms with Crippen LogP contribution in [0.3, 0.4) is 0 Å². The Morgan fingerprint density at radius 3 is 2.21 bits per heavy atom. The van der Waals surface area contributed by atoms with E-state index in [1.54, 1.807) is 7.05 Å². The summed E-state index contributed by atoms with van der Waals surface area (Å²) in [5, 5.41) is 6.74. The van der Waals surface area contributed by atoms with Gasteiger partial charge in [-0.25, -0.2) is 0 Å². The molecule has 6 heteroatoms. The van der Waals surface area contributed by atoms with Crippen molar-refractivity contribution in [2.75, 3.05) is 33.2 Å². The molecule has 0 atom stereocenters. The minimum Gasteiger partial charge on any atom is -0.355 e. The minimum absolute atomic E-state index is 0.154.